The monoisotopic (exact) mass is 266 g/mol. The van der Waals surface area contributed by atoms with Gasteiger partial charge in [0.1, 0.15) is 5.69 Å². The van der Waals surface area contributed by atoms with E-state index in [1.54, 1.807) is 17.8 Å². The van der Waals surface area contributed by atoms with E-state index in [0.717, 1.165) is 48.7 Å². The maximum Gasteiger partial charge on any atom is 0.292 e. The molecule has 1 saturated heterocycles. The summed E-state index contributed by atoms with van der Waals surface area (Å²) in [4.78, 5) is 14.1. The number of nitro benzene ring substituents is 1. The van der Waals surface area contributed by atoms with E-state index < -0.39 is 0 Å². The van der Waals surface area contributed by atoms with Gasteiger partial charge in [-0.3, -0.25) is 10.1 Å². The zero-order valence-electron chi connectivity index (χ0n) is 10.6. The van der Waals surface area contributed by atoms with Crippen molar-refractivity contribution in [3.8, 4) is 0 Å². The van der Waals surface area contributed by atoms with Crippen molar-refractivity contribution < 1.29 is 4.92 Å². The average molecular weight is 266 g/mol. The highest BCUT2D eigenvalue weighted by molar-refractivity contribution is 7.99. The lowest BCUT2D eigenvalue weighted by Crippen LogP contribution is -2.18. The molecule has 0 unspecified atom stereocenters. The Morgan fingerprint density at radius 1 is 1.39 bits per heavy atom. The van der Waals surface area contributed by atoms with Gasteiger partial charge in [-0.2, -0.15) is 0 Å². The Morgan fingerprint density at radius 2 is 2.11 bits per heavy atom. The van der Waals surface area contributed by atoms with E-state index in [-0.39, 0.29) is 10.6 Å². The molecule has 4 nitrogen and oxygen atoms in total. The van der Waals surface area contributed by atoms with Crippen LogP contribution in [0.25, 0.3) is 0 Å². The molecule has 0 N–H and O–H groups in total. The third-order valence-corrected chi connectivity index (χ3v) is 4.26. The van der Waals surface area contributed by atoms with Gasteiger partial charge in [0.25, 0.3) is 5.69 Å². The van der Waals surface area contributed by atoms with E-state index in [2.05, 4.69) is 11.8 Å². The van der Waals surface area contributed by atoms with Crippen LogP contribution in [0.15, 0.2) is 23.1 Å². The quantitative estimate of drug-likeness (QED) is 0.463. The highest BCUT2D eigenvalue weighted by Crippen LogP contribution is 2.34. The molecular weight excluding hydrogens is 248 g/mol. The third-order valence-electron chi connectivity index (χ3n) is 3.06. The fourth-order valence-electron chi connectivity index (χ4n) is 2.18. The van der Waals surface area contributed by atoms with E-state index in [1.807, 2.05) is 12.1 Å². The zero-order valence-corrected chi connectivity index (χ0v) is 11.4. The number of anilines is 1. The normalized spacial score (nSPS) is 15.1. The fraction of sp³-hybridized carbons (Fsp3) is 0.538. The predicted molar refractivity (Wildman–Crippen MR) is 75.6 cm³/mol. The fourth-order valence-corrected chi connectivity index (χ4v) is 2.98. The molecule has 98 valence electrons. The number of thioether (sulfide) groups is 1. The largest absolute Gasteiger partial charge is 0.366 e. The molecule has 0 amide bonds. The highest BCUT2D eigenvalue weighted by atomic mass is 32.2. The summed E-state index contributed by atoms with van der Waals surface area (Å²) in [6.07, 6.45) is 3.37. The van der Waals surface area contributed by atoms with Gasteiger partial charge in [-0.25, -0.2) is 0 Å². The van der Waals surface area contributed by atoms with Crippen LogP contribution in [0.5, 0.6) is 0 Å². The second-order valence-electron chi connectivity index (χ2n) is 4.45. The Balaban J connectivity index is 2.28. The first-order valence-electron chi connectivity index (χ1n) is 6.38. The van der Waals surface area contributed by atoms with Gasteiger partial charge in [-0.15, -0.1) is 11.8 Å². The number of nitro groups is 1. The van der Waals surface area contributed by atoms with Crippen molar-refractivity contribution in [1.82, 2.24) is 0 Å². The van der Waals surface area contributed by atoms with Gasteiger partial charge in [-0.05, 0) is 37.1 Å². The predicted octanol–water partition coefficient (Wildman–Crippen LogP) is 3.70. The van der Waals surface area contributed by atoms with Crippen LogP contribution in [0.1, 0.15) is 26.2 Å². The van der Waals surface area contributed by atoms with Gasteiger partial charge in [0.05, 0.1) is 4.92 Å². The smallest absolute Gasteiger partial charge is 0.292 e. The van der Waals surface area contributed by atoms with Crippen molar-refractivity contribution in [3.05, 3.63) is 28.3 Å². The maximum atomic E-state index is 11.1. The maximum absolute atomic E-state index is 11.1. The molecule has 1 fully saturated rings. The lowest BCUT2D eigenvalue weighted by atomic mass is 10.2. The molecule has 0 spiro atoms. The molecule has 0 radical (unpaired) electrons. The lowest BCUT2D eigenvalue weighted by molar-refractivity contribution is -0.384. The molecule has 1 heterocycles. The molecule has 0 aromatic heterocycles. The molecule has 2 rings (SSSR count). The Bertz CT molecular complexity index is 431. The summed E-state index contributed by atoms with van der Waals surface area (Å²) in [5.74, 6) is 1.05. The van der Waals surface area contributed by atoms with E-state index in [0.29, 0.717) is 0 Å². The second-order valence-corrected chi connectivity index (χ2v) is 5.62. The first kappa shape index (κ1) is 13.2. The average Bonchev–Trinajstić information content (AvgIpc) is 2.89. The number of hydrogen-bond donors (Lipinski definition) is 0. The molecule has 0 aliphatic carbocycles. The van der Waals surface area contributed by atoms with Crippen LogP contribution in [0.3, 0.4) is 0 Å². The van der Waals surface area contributed by atoms with Crippen LogP contribution in [0.2, 0.25) is 0 Å². The van der Waals surface area contributed by atoms with Crippen LogP contribution >= 0.6 is 11.8 Å². The first-order chi connectivity index (χ1) is 8.72. The van der Waals surface area contributed by atoms with Crippen molar-refractivity contribution >= 4 is 23.1 Å². The number of benzene rings is 1. The molecule has 1 aromatic rings. The summed E-state index contributed by atoms with van der Waals surface area (Å²) in [7, 11) is 0. The summed E-state index contributed by atoms with van der Waals surface area (Å²) in [5, 5.41) is 11.1. The first-order valence-corrected chi connectivity index (χ1v) is 7.37. The van der Waals surface area contributed by atoms with E-state index in [4.69, 9.17) is 0 Å². The van der Waals surface area contributed by atoms with Crippen LogP contribution in [0.4, 0.5) is 11.4 Å². The highest BCUT2D eigenvalue weighted by Gasteiger charge is 2.22. The van der Waals surface area contributed by atoms with Crippen molar-refractivity contribution in [2.24, 2.45) is 0 Å². The summed E-state index contributed by atoms with van der Waals surface area (Å²) >= 11 is 1.76. The Kier molecular flexibility index (Phi) is 4.47. The summed E-state index contributed by atoms with van der Waals surface area (Å²) in [5.41, 5.74) is 1.02. The SMILES string of the molecule is CCCSc1ccc([N+](=O)[O-])c(N2CCCC2)c1. The molecule has 18 heavy (non-hydrogen) atoms. The van der Waals surface area contributed by atoms with Gasteiger partial charge < -0.3 is 4.90 Å². The van der Waals surface area contributed by atoms with E-state index in [1.165, 1.54) is 0 Å². The van der Waals surface area contributed by atoms with Crippen LogP contribution in [0, 0.1) is 10.1 Å². The van der Waals surface area contributed by atoms with Crippen LogP contribution in [-0.4, -0.2) is 23.8 Å². The van der Waals surface area contributed by atoms with Crippen molar-refractivity contribution in [2.45, 2.75) is 31.1 Å². The molecule has 0 bridgehead atoms. The molecule has 1 aliphatic heterocycles. The molecule has 1 aromatic carbocycles. The molecular formula is C13H18N2O2S. The minimum Gasteiger partial charge on any atom is -0.366 e. The van der Waals surface area contributed by atoms with Crippen LogP contribution < -0.4 is 4.90 Å². The molecule has 5 heteroatoms. The van der Waals surface area contributed by atoms with Crippen molar-refractivity contribution in [1.29, 1.82) is 0 Å². The standard InChI is InChI=1S/C13H18N2O2S/c1-2-9-18-11-5-6-12(15(16)17)13(10-11)14-7-3-4-8-14/h5-6,10H,2-4,7-9H2,1H3. The Labute approximate surface area is 112 Å². The molecule has 0 saturated carbocycles. The molecule has 0 atom stereocenters. The summed E-state index contributed by atoms with van der Waals surface area (Å²) in [6, 6.07) is 5.48. The summed E-state index contributed by atoms with van der Waals surface area (Å²) in [6.45, 7) is 4.01. The minimum atomic E-state index is -0.276. The lowest BCUT2D eigenvalue weighted by Gasteiger charge is -2.18. The Morgan fingerprint density at radius 3 is 2.72 bits per heavy atom. The number of hydrogen-bond acceptors (Lipinski definition) is 4. The third kappa shape index (κ3) is 2.96. The second kappa shape index (κ2) is 6.09. The van der Waals surface area contributed by atoms with Gasteiger partial charge in [0.2, 0.25) is 0 Å². The van der Waals surface area contributed by atoms with Crippen LogP contribution in [-0.2, 0) is 0 Å². The zero-order chi connectivity index (χ0) is 13.0. The van der Waals surface area contributed by atoms with E-state index in [9.17, 15) is 10.1 Å². The topological polar surface area (TPSA) is 46.4 Å². The number of rotatable bonds is 5. The Hall–Kier alpha value is -1.23. The van der Waals surface area contributed by atoms with Crippen molar-refractivity contribution in [2.75, 3.05) is 23.7 Å². The van der Waals surface area contributed by atoms with Gasteiger partial charge >= 0.3 is 0 Å². The van der Waals surface area contributed by atoms with Crippen molar-refractivity contribution in [3.63, 3.8) is 0 Å². The van der Waals surface area contributed by atoms with Gasteiger partial charge in [0, 0.05) is 24.1 Å². The van der Waals surface area contributed by atoms with E-state index >= 15 is 0 Å². The van der Waals surface area contributed by atoms with Gasteiger partial charge in [0.15, 0.2) is 0 Å². The number of nitrogens with zero attached hydrogens (tertiary/aromatic N) is 2. The molecule has 1 aliphatic rings. The summed E-state index contributed by atoms with van der Waals surface area (Å²) < 4.78 is 0. The minimum absolute atomic E-state index is 0.234. The van der Waals surface area contributed by atoms with Gasteiger partial charge in [-0.1, -0.05) is 6.92 Å².